The molecule has 0 bridgehead atoms. The smallest absolute Gasteiger partial charge is 0.284 e. The number of nitrogens with zero attached hydrogens (tertiary/aromatic N) is 1. The molecule has 0 saturated carbocycles. The molecule has 24 heavy (non-hydrogen) atoms. The number of hydrogen-bond donors (Lipinski definition) is 1. The average molecular weight is 325 g/mol. The summed E-state index contributed by atoms with van der Waals surface area (Å²) in [6, 6.07) is 16.2. The summed E-state index contributed by atoms with van der Waals surface area (Å²) in [6.45, 7) is 4.87. The Morgan fingerprint density at radius 3 is 2.62 bits per heavy atom. The molecule has 2 aromatic rings. The lowest BCUT2D eigenvalue weighted by Gasteiger charge is -2.23. The Bertz CT molecular complexity index is 729. The van der Waals surface area contributed by atoms with Crippen molar-refractivity contribution in [3.63, 3.8) is 0 Å². The van der Waals surface area contributed by atoms with Crippen molar-refractivity contribution in [2.45, 2.75) is 32.4 Å². The number of amides is 1. The zero-order valence-corrected chi connectivity index (χ0v) is 14.5. The molecule has 2 N–H and O–H groups in total. The lowest BCUT2D eigenvalue weighted by molar-refractivity contribution is -0.710. The Labute approximate surface area is 143 Å². The Balaban J connectivity index is 1.71. The third-order valence-corrected chi connectivity index (χ3v) is 4.75. The molecule has 4 heteroatoms. The summed E-state index contributed by atoms with van der Waals surface area (Å²) in [5, 5.41) is 2.11. The van der Waals surface area contributed by atoms with Gasteiger partial charge in [0.2, 0.25) is 0 Å². The van der Waals surface area contributed by atoms with Crippen molar-refractivity contribution in [1.82, 2.24) is 0 Å². The van der Waals surface area contributed by atoms with Crippen LogP contribution < -0.4 is 15.0 Å². The first-order chi connectivity index (χ1) is 11.6. The van der Waals surface area contributed by atoms with Gasteiger partial charge < -0.3 is 15.0 Å². The van der Waals surface area contributed by atoms with Gasteiger partial charge in [0.15, 0.2) is 6.04 Å². The van der Waals surface area contributed by atoms with Crippen molar-refractivity contribution in [3.05, 3.63) is 59.7 Å². The van der Waals surface area contributed by atoms with Gasteiger partial charge >= 0.3 is 0 Å². The molecule has 2 atom stereocenters. The number of carbonyl (C=O) groups excluding carboxylic acids is 1. The van der Waals surface area contributed by atoms with Gasteiger partial charge in [-0.25, -0.2) is 0 Å². The van der Waals surface area contributed by atoms with Gasteiger partial charge in [-0.1, -0.05) is 30.3 Å². The fourth-order valence-electron chi connectivity index (χ4n) is 3.47. The first kappa shape index (κ1) is 16.5. The minimum atomic E-state index is -0.143. The Morgan fingerprint density at radius 1 is 1.12 bits per heavy atom. The third kappa shape index (κ3) is 3.15. The van der Waals surface area contributed by atoms with Crippen LogP contribution in [0, 0.1) is 0 Å². The maximum absolute atomic E-state index is 12.9. The summed E-state index contributed by atoms with van der Waals surface area (Å²) in [5.41, 5.74) is 3.44. The normalized spacial score (nSPS) is 15.7. The molecule has 126 valence electrons. The second-order valence-corrected chi connectivity index (χ2v) is 6.38. The van der Waals surface area contributed by atoms with Crippen LogP contribution in [0.15, 0.2) is 48.5 Å². The number of hydrogen-bond acceptors (Lipinski definition) is 2. The number of nitrogens with two attached hydrogens (primary N) is 1. The Hall–Kier alpha value is -2.33. The second-order valence-electron chi connectivity index (χ2n) is 6.38. The molecule has 1 heterocycles. The van der Waals surface area contributed by atoms with E-state index in [1.807, 2.05) is 48.2 Å². The van der Waals surface area contributed by atoms with E-state index in [1.165, 1.54) is 5.56 Å². The van der Waals surface area contributed by atoms with Crippen molar-refractivity contribution in [2.75, 3.05) is 18.6 Å². The van der Waals surface area contributed by atoms with Gasteiger partial charge in [-0.3, -0.25) is 4.79 Å². The van der Waals surface area contributed by atoms with E-state index < -0.39 is 0 Å². The monoisotopic (exact) mass is 325 g/mol. The van der Waals surface area contributed by atoms with Crippen LogP contribution in [0.5, 0.6) is 5.75 Å². The maximum Gasteiger partial charge on any atom is 0.284 e. The zero-order chi connectivity index (χ0) is 17.1. The van der Waals surface area contributed by atoms with Crippen molar-refractivity contribution in [3.8, 4) is 5.75 Å². The molecule has 0 radical (unpaired) electrons. The molecule has 1 amide bonds. The van der Waals surface area contributed by atoms with Gasteiger partial charge in [-0.2, -0.15) is 0 Å². The van der Waals surface area contributed by atoms with E-state index in [2.05, 4.69) is 24.4 Å². The van der Waals surface area contributed by atoms with Crippen LogP contribution in [0.1, 0.15) is 31.0 Å². The molecule has 0 unspecified atom stereocenters. The summed E-state index contributed by atoms with van der Waals surface area (Å²) in [5.74, 6) is 1.04. The minimum Gasteiger partial charge on any atom is -0.496 e. The molecule has 3 rings (SSSR count). The van der Waals surface area contributed by atoms with Crippen molar-refractivity contribution < 1.29 is 14.8 Å². The maximum atomic E-state index is 12.9. The van der Waals surface area contributed by atoms with Crippen molar-refractivity contribution in [2.24, 2.45) is 0 Å². The molecule has 1 aliphatic heterocycles. The minimum absolute atomic E-state index is 0.143. The number of benzene rings is 2. The van der Waals surface area contributed by atoms with Crippen LogP contribution >= 0.6 is 0 Å². The van der Waals surface area contributed by atoms with E-state index in [4.69, 9.17) is 4.74 Å². The van der Waals surface area contributed by atoms with Crippen LogP contribution in [0.3, 0.4) is 0 Å². The number of quaternary nitrogens is 1. The summed E-state index contributed by atoms with van der Waals surface area (Å²) in [4.78, 5) is 14.8. The molecule has 0 spiro atoms. The molecule has 4 nitrogen and oxygen atoms in total. The van der Waals surface area contributed by atoms with E-state index in [0.29, 0.717) is 0 Å². The van der Waals surface area contributed by atoms with Gasteiger partial charge in [0, 0.05) is 12.2 Å². The van der Waals surface area contributed by atoms with Gasteiger partial charge in [0.1, 0.15) is 11.8 Å². The highest BCUT2D eigenvalue weighted by molar-refractivity contribution is 5.97. The first-order valence-corrected chi connectivity index (χ1v) is 8.49. The summed E-state index contributed by atoms with van der Waals surface area (Å²) in [6.07, 6.45) is 0.941. The number of ether oxygens (including phenoxy) is 1. The molecule has 0 fully saturated rings. The lowest BCUT2D eigenvalue weighted by atomic mass is 10.1. The van der Waals surface area contributed by atoms with Gasteiger partial charge in [-0.05, 0) is 44.0 Å². The van der Waals surface area contributed by atoms with Crippen molar-refractivity contribution in [1.29, 1.82) is 0 Å². The van der Waals surface area contributed by atoms with Gasteiger partial charge in [0.25, 0.3) is 5.91 Å². The predicted molar refractivity (Wildman–Crippen MR) is 95.3 cm³/mol. The molecule has 0 aliphatic carbocycles. The quantitative estimate of drug-likeness (QED) is 0.917. The molecule has 2 aromatic carbocycles. The standard InChI is InChI=1S/C20H24N2O2/c1-14(17-9-5-7-11-19(17)24-3)21-15(2)20(23)22-13-12-16-8-4-6-10-18(16)22/h4-11,14-15,21H,12-13H2,1-3H3/p+1/t14-,15-/m1/s1. The molecular weight excluding hydrogens is 300 g/mol. The number of para-hydroxylation sites is 2. The molecule has 1 aliphatic rings. The van der Waals surface area contributed by atoms with E-state index in [-0.39, 0.29) is 18.0 Å². The average Bonchev–Trinajstić information content (AvgIpc) is 3.04. The van der Waals surface area contributed by atoms with E-state index in [0.717, 1.165) is 30.0 Å². The van der Waals surface area contributed by atoms with Crippen LogP contribution in [-0.4, -0.2) is 25.6 Å². The molecule has 0 saturated heterocycles. The number of methoxy groups -OCH3 is 1. The Kier molecular flexibility index (Phi) is 4.86. The summed E-state index contributed by atoms with van der Waals surface area (Å²) in [7, 11) is 1.68. The molecular formula is C20H25N2O2+. The number of rotatable bonds is 5. The van der Waals surface area contributed by atoms with E-state index in [9.17, 15) is 4.79 Å². The topological polar surface area (TPSA) is 46.1 Å². The van der Waals surface area contributed by atoms with E-state index in [1.54, 1.807) is 7.11 Å². The highest BCUT2D eigenvalue weighted by atomic mass is 16.5. The number of carbonyl (C=O) groups is 1. The van der Waals surface area contributed by atoms with Crippen molar-refractivity contribution >= 4 is 11.6 Å². The SMILES string of the molecule is COc1ccccc1[C@@H](C)[NH2+][C@H](C)C(=O)N1CCc2ccccc21. The fraction of sp³-hybridized carbons (Fsp3) is 0.350. The second kappa shape index (κ2) is 7.05. The van der Waals surface area contributed by atoms with Crippen LogP contribution in [0.2, 0.25) is 0 Å². The first-order valence-electron chi connectivity index (χ1n) is 8.49. The van der Waals surface area contributed by atoms with Crippen LogP contribution in [-0.2, 0) is 11.2 Å². The van der Waals surface area contributed by atoms with Crippen LogP contribution in [0.4, 0.5) is 5.69 Å². The number of anilines is 1. The van der Waals surface area contributed by atoms with E-state index >= 15 is 0 Å². The van der Waals surface area contributed by atoms with Gasteiger partial charge in [-0.15, -0.1) is 0 Å². The highest BCUT2D eigenvalue weighted by Gasteiger charge is 2.31. The largest absolute Gasteiger partial charge is 0.496 e. The Morgan fingerprint density at radius 2 is 1.83 bits per heavy atom. The predicted octanol–water partition coefficient (Wildman–Crippen LogP) is 2.30. The zero-order valence-electron chi connectivity index (χ0n) is 14.5. The molecule has 0 aromatic heterocycles. The number of fused-ring (bicyclic) bond motifs is 1. The highest BCUT2D eigenvalue weighted by Crippen LogP contribution is 2.28. The third-order valence-electron chi connectivity index (χ3n) is 4.75. The fourth-order valence-corrected chi connectivity index (χ4v) is 3.47. The van der Waals surface area contributed by atoms with Gasteiger partial charge in [0.05, 0.1) is 12.7 Å². The summed E-state index contributed by atoms with van der Waals surface area (Å²) >= 11 is 0. The summed E-state index contributed by atoms with van der Waals surface area (Å²) < 4.78 is 5.44. The lowest BCUT2D eigenvalue weighted by Crippen LogP contribution is -2.92. The van der Waals surface area contributed by atoms with Crippen LogP contribution in [0.25, 0.3) is 0 Å².